The molecule has 0 spiro atoms. The lowest BCUT2D eigenvalue weighted by atomic mass is 10.2. The Hall–Kier alpha value is -1.29. The molecule has 0 saturated carbocycles. The second-order valence-electron chi connectivity index (χ2n) is 3.92. The topological polar surface area (TPSA) is 53.7 Å². The van der Waals surface area contributed by atoms with E-state index in [1.165, 1.54) is 6.26 Å². The molecule has 1 N–H and O–H groups in total. The lowest BCUT2D eigenvalue weighted by Crippen LogP contribution is -2.37. The molecule has 1 aromatic heterocycles. The standard InChI is InChI=1S/C11H15NO3/c1-8-5-9(7-15-8)11(14)12-4-2-3-10(12)6-13/h5,7,10,13H,2-4,6H2,1H3. The average molecular weight is 209 g/mol. The van der Waals surface area contributed by atoms with E-state index < -0.39 is 0 Å². The molecule has 1 aromatic rings. The molecule has 2 heterocycles. The van der Waals surface area contributed by atoms with Gasteiger partial charge in [-0.15, -0.1) is 0 Å². The number of aliphatic hydroxyl groups excluding tert-OH is 1. The molecule has 0 radical (unpaired) electrons. The van der Waals surface area contributed by atoms with Gasteiger partial charge in [0.05, 0.1) is 18.2 Å². The Morgan fingerprint density at radius 2 is 2.53 bits per heavy atom. The van der Waals surface area contributed by atoms with Gasteiger partial charge in [0.15, 0.2) is 0 Å². The summed E-state index contributed by atoms with van der Waals surface area (Å²) in [4.78, 5) is 13.7. The molecule has 0 aromatic carbocycles. The molecular weight excluding hydrogens is 194 g/mol. The Morgan fingerprint density at radius 3 is 3.13 bits per heavy atom. The lowest BCUT2D eigenvalue weighted by molar-refractivity contribution is 0.0677. The quantitative estimate of drug-likeness (QED) is 0.795. The normalized spacial score (nSPS) is 20.9. The number of nitrogens with zero attached hydrogens (tertiary/aromatic N) is 1. The highest BCUT2D eigenvalue weighted by Crippen LogP contribution is 2.20. The Bertz CT molecular complexity index is 358. The van der Waals surface area contributed by atoms with Crippen LogP contribution in [-0.4, -0.2) is 35.1 Å². The summed E-state index contributed by atoms with van der Waals surface area (Å²) < 4.78 is 5.10. The lowest BCUT2D eigenvalue weighted by Gasteiger charge is -2.22. The molecule has 1 atom stereocenters. The molecule has 1 aliphatic heterocycles. The minimum atomic E-state index is -0.0385. The van der Waals surface area contributed by atoms with Crippen LogP contribution in [0.3, 0.4) is 0 Å². The first-order chi connectivity index (χ1) is 7.22. The van der Waals surface area contributed by atoms with Crippen molar-refractivity contribution in [2.45, 2.75) is 25.8 Å². The molecule has 1 fully saturated rings. The van der Waals surface area contributed by atoms with Crippen LogP contribution >= 0.6 is 0 Å². The van der Waals surface area contributed by atoms with E-state index in [4.69, 9.17) is 9.52 Å². The third-order valence-electron chi connectivity index (χ3n) is 2.83. The Balaban J connectivity index is 2.13. The number of aryl methyl sites for hydroxylation is 1. The van der Waals surface area contributed by atoms with Crippen LogP contribution in [0.15, 0.2) is 16.7 Å². The van der Waals surface area contributed by atoms with E-state index in [0.29, 0.717) is 5.56 Å². The second-order valence-corrected chi connectivity index (χ2v) is 3.92. The molecule has 0 aliphatic carbocycles. The first-order valence-corrected chi connectivity index (χ1v) is 5.19. The number of hydrogen-bond donors (Lipinski definition) is 1. The van der Waals surface area contributed by atoms with Crippen LogP contribution in [-0.2, 0) is 0 Å². The van der Waals surface area contributed by atoms with Gasteiger partial charge >= 0.3 is 0 Å². The zero-order valence-corrected chi connectivity index (χ0v) is 8.77. The summed E-state index contributed by atoms with van der Waals surface area (Å²) in [6, 6.07) is 1.71. The van der Waals surface area contributed by atoms with Crippen molar-refractivity contribution < 1.29 is 14.3 Å². The zero-order valence-electron chi connectivity index (χ0n) is 8.77. The summed E-state index contributed by atoms with van der Waals surface area (Å²) >= 11 is 0. The molecule has 1 aliphatic rings. The minimum Gasteiger partial charge on any atom is -0.469 e. The highest BCUT2D eigenvalue weighted by Gasteiger charge is 2.29. The first-order valence-electron chi connectivity index (χ1n) is 5.19. The van der Waals surface area contributed by atoms with Gasteiger partial charge in [-0.1, -0.05) is 0 Å². The van der Waals surface area contributed by atoms with Crippen LogP contribution < -0.4 is 0 Å². The summed E-state index contributed by atoms with van der Waals surface area (Å²) in [5.41, 5.74) is 0.577. The van der Waals surface area contributed by atoms with E-state index in [1.807, 2.05) is 6.92 Å². The van der Waals surface area contributed by atoms with E-state index in [9.17, 15) is 4.79 Å². The van der Waals surface area contributed by atoms with Crippen molar-refractivity contribution in [3.63, 3.8) is 0 Å². The largest absolute Gasteiger partial charge is 0.469 e. The van der Waals surface area contributed by atoms with Crippen LogP contribution in [0.2, 0.25) is 0 Å². The second kappa shape index (κ2) is 4.06. The van der Waals surface area contributed by atoms with Gasteiger partial charge in [-0.05, 0) is 25.8 Å². The molecule has 4 heteroatoms. The summed E-state index contributed by atoms with van der Waals surface area (Å²) in [5.74, 6) is 0.696. The smallest absolute Gasteiger partial charge is 0.257 e. The van der Waals surface area contributed by atoms with Crippen LogP contribution in [0.5, 0.6) is 0 Å². The summed E-state index contributed by atoms with van der Waals surface area (Å²) in [6.45, 7) is 2.58. The molecule has 1 amide bonds. The van der Waals surface area contributed by atoms with E-state index >= 15 is 0 Å². The number of carbonyl (C=O) groups excluding carboxylic acids is 1. The molecule has 15 heavy (non-hydrogen) atoms. The number of hydrogen-bond acceptors (Lipinski definition) is 3. The average Bonchev–Trinajstić information content (AvgIpc) is 2.84. The maximum Gasteiger partial charge on any atom is 0.257 e. The van der Waals surface area contributed by atoms with Gasteiger partial charge in [0.25, 0.3) is 5.91 Å². The van der Waals surface area contributed by atoms with Crippen molar-refractivity contribution in [3.05, 3.63) is 23.7 Å². The fourth-order valence-corrected chi connectivity index (χ4v) is 2.01. The van der Waals surface area contributed by atoms with Crippen molar-refractivity contribution in [1.29, 1.82) is 0 Å². The number of aliphatic hydroxyl groups is 1. The fourth-order valence-electron chi connectivity index (χ4n) is 2.01. The molecule has 4 nitrogen and oxygen atoms in total. The van der Waals surface area contributed by atoms with E-state index in [2.05, 4.69) is 0 Å². The fraction of sp³-hybridized carbons (Fsp3) is 0.545. The predicted molar refractivity (Wildman–Crippen MR) is 54.6 cm³/mol. The Labute approximate surface area is 88.5 Å². The molecule has 2 rings (SSSR count). The third-order valence-corrected chi connectivity index (χ3v) is 2.83. The highest BCUT2D eigenvalue weighted by molar-refractivity contribution is 5.94. The van der Waals surface area contributed by atoms with Crippen molar-refractivity contribution >= 4 is 5.91 Å². The van der Waals surface area contributed by atoms with Gasteiger partial charge in [0, 0.05) is 6.54 Å². The number of rotatable bonds is 2. The van der Waals surface area contributed by atoms with E-state index in [1.54, 1.807) is 11.0 Å². The van der Waals surface area contributed by atoms with Gasteiger partial charge in [0.1, 0.15) is 12.0 Å². The number of amides is 1. The third kappa shape index (κ3) is 1.90. The van der Waals surface area contributed by atoms with Crippen molar-refractivity contribution in [2.75, 3.05) is 13.2 Å². The van der Waals surface area contributed by atoms with Crippen LogP contribution in [0, 0.1) is 6.92 Å². The summed E-state index contributed by atoms with van der Waals surface area (Å²) in [7, 11) is 0. The Morgan fingerprint density at radius 1 is 1.73 bits per heavy atom. The molecular formula is C11H15NO3. The van der Waals surface area contributed by atoms with Gasteiger partial charge < -0.3 is 14.4 Å². The molecule has 1 saturated heterocycles. The summed E-state index contributed by atoms with van der Waals surface area (Å²) in [5, 5.41) is 9.12. The SMILES string of the molecule is Cc1cc(C(=O)N2CCCC2CO)co1. The molecule has 0 bridgehead atoms. The highest BCUT2D eigenvalue weighted by atomic mass is 16.3. The number of furan rings is 1. The van der Waals surface area contributed by atoms with E-state index in [-0.39, 0.29) is 18.6 Å². The first kappa shape index (κ1) is 10.2. The van der Waals surface area contributed by atoms with E-state index in [0.717, 1.165) is 25.1 Å². The monoisotopic (exact) mass is 209 g/mol. The summed E-state index contributed by atoms with van der Waals surface area (Å²) in [6.07, 6.45) is 3.33. The maximum absolute atomic E-state index is 12.0. The van der Waals surface area contributed by atoms with Gasteiger partial charge in [-0.3, -0.25) is 4.79 Å². The van der Waals surface area contributed by atoms with Crippen molar-refractivity contribution in [2.24, 2.45) is 0 Å². The van der Waals surface area contributed by atoms with Gasteiger partial charge in [0.2, 0.25) is 0 Å². The van der Waals surface area contributed by atoms with Gasteiger partial charge in [-0.25, -0.2) is 0 Å². The van der Waals surface area contributed by atoms with Crippen LogP contribution in [0.1, 0.15) is 29.0 Å². The predicted octanol–water partition coefficient (Wildman–Crippen LogP) is 1.18. The van der Waals surface area contributed by atoms with Crippen molar-refractivity contribution in [1.82, 2.24) is 4.90 Å². The van der Waals surface area contributed by atoms with Gasteiger partial charge in [-0.2, -0.15) is 0 Å². The molecule has 82 valence electrons. The Kier molecular flexibility index (Phi) is 2.77. The van der Waals surface area contributed by atoms with Crippen LogP contribution in [0.4, 0.5) is 0 Å². The maximum atomic E-state index is 12.0. The minimum absolute atomic E-state index is 0.0206. The number of carbonyl (C=O) groups is 1. The number of likely N-dealkylation sites (tertiary alicyclic amines) is 1. The van der Waals surface area contributed by atoms with Crippen molar-refractivity contribution in [3.8, 4) is 0 Å². The zero-order chi connectivity index (χ0) is 10.8. The molecule has 1 unspecified atom stereocenters. The van der Waals surface area contributed by atoms with Crippen LogP contribution in [0.25, 0.3) is 0 Å².